The number of ether oxygens (including phenoxy) is 5. The van der Waals surface area contributed by atoms with E-state index in [1.165, 1.54) is 36.0 Å². The lowest BCUT2D eigenvalue weighted by Crippen LogP contribution is -2.68. The molecule has 0 aliphatic carbocycles. The highest BCUT2D eigenvalue weighted by atomic mass is 32.2. The van der Waals surface area contributed by atoms with Crippen molar-refractivity contribution in [2.24, 2.45) is 5.92 Å². The van der Waals surface area contributed by atoms with E-state index in [-0.39, 0.29) is 17.9 Å². The molecular weight excluding hydrogens is 803 g/mol. The number of carbonyl (C=O) groups excluding carboxylic acids is 3. The van der Waals surface area contributed by atoms with Crippen LogP contribution in [-0.2, 0) is 32.9 Å². The van der Waals surface area contributed by atoms with Crippen molar-refractivity contribution in [1.29, 1.82) is 0 Å². The number of hydrogen-bond donors (Lipinski definition) is 0. The SMILES string of the molecule is CCCCCCCCS[C@@H]1O[C@H](CO[Si](c2ccccc2)(c2ccccc2)C(C)(C)C)[C@@H](OC(=O)C(C)C)[C@@H](OC(=O)c2ccc([N+](=O)[O-])cc2)[C@H]1OC(=O)OC(C)(C)C. The van der Waals surface area contributed by atoms with E-state index in [0.717, 1.165) is 48.9 Å². The van der Waals surface area contributed by atoms with Gasteiger partial charge in [0.15, 0.2) is 18.3 Å². The largest absolute Gasteiger partial charge is 0.509 e. The Bertz CT molecular complexity index is 1790. The summed E-state index contributed by atoms with van der Waals surface area (Å²) >= 11 is 1.42. The molecule has 3 aromatic rings. The summed E-state index contributed by atoms with van der Waals surface area (Å²) in [7, 11) is -3.18. The second-order valence-corrected chi connectivity index (χ2v) is 22.9. The maximum atomic E-state index is 14.1. The molecule has 0 spiro atoms. The molecule has 0 aromatic heterocycles. The minimum Gasteiger partial charge on any atom is -0.455 e. The predicted molar refractivity (Wildman–Crippen MR) is 236 cm³/mol. The lowest BCUT2D eigenvalue weighted by molar-refractivity contribution is -0.384. The van der Waals surface area contributed by atoms with Gasteiger partial charge < -0.3 is 28.1 Å². The average Bonchev–Trinajstić information content (AvgIpc) is 3.19. The normalized spacial score (nSPS) is 19.7. The molecule has 1 aliphatic heterocycles. The fourth-order valence-corrected chi connectivity index (χ4v) is 13.0. The highest BCUT2D eigenvalue weighted by Crippen LogP contribution is 2.40. The van der Waals surface area contributed by atoms with Crippen molar-refractivity contribution >= 4 is 54.2 Å². The smallest absolute Gasteiger partial charge is 0.455 e. The standard InChI is InChI=1S/C46H63NO11SSi/c1-10-11-12-13-14-21-30-59-43-40(57-44(50)58-45(4,5)6)39(56-42(49)33-26-28-34(29-27-33)47(51)52)38(55-41(48)32(2)3)37(54-43)31-53-60(46(7,8)9,35-22-17-15-18-23-35)36-24-19-16-20-25-36/h15-20,22-29,32,37-40,43H,10-14,21,30-31H2,1-9H3/t37-,38-,39-,40-,43+/m1/s1. The molecule has 1 aliphatic rings. The molecule has 4 rings (SSSR count). The summed E-state index contributed by atoms with van der Waals surface area (Å²) in [6.45, 7) is 17.0. The van der Waals surface area contributed by atoms with E-state index >= 15 is 0 Å². The predicted octanol–water partition coefficient (Wildman–Crippen LogP) is 9.40. The fraction of sp³-hybridized carbons (Fsp3) is 0.543. The van der Waals surface area contributed by atoms with Gasteiger partial charge in [0, 0.05) is 12.1 Å². The molecule has 12 nitrogen and oxygen atoms in total. The summed E-state index contributed by atoms with van der Waals surface area (Å²) in [4.78, 5) is 52.1. The first-order chi connectivity index (χ1) is 28.4. The van der Waals surface area contributed by atoms with Crippen LogP contribution in [0, 0.1) is 16.0 Å². The Morgan fingerprint density at radius 1 is 0.767 bits per heavy atom. The van der Waals surface area contributed by atoms with Crippen molar-refractivity contribution in [3.63, 3.8) is 0 Å². The quantitative estimate of drug-likeness (QED) is 0.0282. The number of nitro groups is 1. The van der Waals surface area contributed by atoms with Gasteiger partial charge in [-0.3, -0.25) is 14.9 Å². The molecule has 60 heavy (non-hydrogen) atoms. The van der Waals surface area contributed by atoms with Crippen molar-refractivity contribution in [2.75, 3.05) is 12.4 Å². The molecule has 0 bridgehead atoms. The molecule has 0 radical (unpaired) electrons. The first-order valence-corrected chi connectivity index (χ1v) is 23.9. The topological polar surface area (TPSA) is 150 Å². The summed E-state index contributed by atoms with van der Waals surface area (Å²) in [5, 5.41) is 13.1. The number of thioether (sulfide) groups is 1. The summed E-state index contributed by atoms with van der Waals surface area (Å²) < 4.78 is 38.4. The van der Waals surface area contributed by atoms with Crippen LogP contribution in [0.3, 0.4) is 0 Å². The maximum Gasteiger partial charge on any atom is 0.509 e. The van der Waals surface area contributed by atoms with E-state index < -0.39 is 77.7 Å². The second-order valence-electron chi connectivity index (χ2n) is 17.4. The van der Waals surface area contributed by atoms with Gasteiger partial charge in [-0.15, -0.1) is 11.8 Å². The van der Waals surface area contributed by atoms with Gasteiger partial charge in [-0.1, -0.05) is 134 Å². The van der Waals surface area contributed by atoms with Crippen LogP contribution in [0.2, 0.25) is 5.04 Å². The third-order valence-corrected chi connectivity index (χ3v) is 16.4. The van der Waals surface area contributed by atoms with Gasteiger partial charge in [-0.25, -0.2) is 9.59 Å². The van der Waals surface area contributed by atoms with E-state index in [1.807, 2.05) is 36.4 Å². The molecule has 1 fully saturated rings. The van der Waals surface area contributed by atoms with Gasteiger partial charge in [0.1, 0.15) is 17.1 Å². The first-order valence-electron chi connectivity index (χ1n) is 21.0. The van der Waals surface area contributed by atoms with Crippen LogP contribution in [0.15, 0.2) is 84.9 Å². The number of carbonyl (C=O) groups is 3. The van der Waals surface area contributed by atoms with Crippen LogP contribution < -0.4 is 10.4 Å². The van der Waals surface area contributed by atoms with Crippen LogP contribution in [-0.4, -0.2) is 79.1 Å². The van der Waals surface area contributed by atoms with Crippen LogP contribution in [0.25, 0.3) is 0 Å². The zero-order chi connectivity index (χ0) is 44.1. The summed E-state index contributed by atoms with van der Waals surface area (Å²) in [6.07, 6.45) is 0.292. The Morgan fingerprint density at radius 3 is 1.85 bits per heavy atom. The van der Waals surface area contributed by atoms with Gasteiger partial charge in [-0.2, -0.15) is 0 Å². The minimum atomic E-state index is -3.18. The summed E-state index contributed by atoms with van der Waals surface area (Å²) in [6, 6.07) is 25.1. The third kappa shape index (κ3) is 13.1. The number of nitrogens with zero attached hydrogens (tertiary/aromatic N) is 1. The third-order valence-electron chi connectivity index (χ3n) is 10.2. The molecule has 14 heteroatoms. The van der Waals surface area contributed by atoms with Crippen LogP contribution in [0.5, 0.6) is 0 Å². The molecule has 0 amide bonds. The Hall–Kier alpha value is -4.24. The average molecular weight is 866 g/mol. The number of esters is 2. The first kappa shape index (κ1) is 48.4. The van der Waals surface area contributed by atoms with E-state index in [9.17, 15) is 24.5 Å². The van der Waals surface area contributed by atoms with Crippen LogP contribution in [0.4, 0.5) is 10.5 Å². The fourth-order valence-electron chi connectivity index (χ4n) is 7.17. The Labute approximate surface area is 360 Å². The van der Waals surface area contributed by atoms with Gasteiger partial charge >= 0.3 is 18.1 Å². The van der Waals surface area contributed by atoms with Gasteiger partial charge in [0.2, 0.25) is 0 Å². The van der Waals surface area contributed by atoms with Gasteiger partial charge in [0.05, 0.1) is 23.0 Å². The molecular formula is C46H63NO11SSi. The number of rotatable bonds is 19. The van der Waals surface area contributed by atoms with Gasteiger partial charge in [-0.05, 0) is 60.5 Å². The van der Waals surface area contributed by atoms with Crippen LogP contribution in [0.1, 0.15) is 111 Å². The zero-order valence-corrected chi connectivity index (χ0v) is 38.4. The Balaban J connectivity index is 1.85. The number of non-ortho nitro benzene ring substituents is 1. The van der Waals surface area contributed by atoms with E-state index in [0.29, 0.717) is 5.75 Å². The maximum absolute atomic E-state index is 14.1. The van der Waals surface area contributed by atoms with Gasteiger partial charge in [0.25, 0.3) is 14.0 Å². The zero-order valence-electron chi connectivity index (χ0n) is 36.6. The van der Waals surface area contributed by atoms with Crippen molar-refractivity contribution in [3.05, 3.63) is 101 Å². The Morgan fingerprint density at radius 2 is 1.33 bits per heavy atom. The van der Waals surface area contributed by atoms with Crippen molar-refractivity contribution in [3.8, 4) is 0 Å². The summed E-state index contributed by atoms with van der Waals surface area (Å²) in [5.74, 6) is -1.41. The minimum absolute atomic E-state index is 0.00782. The lowest BCUT2D eigenvalue weighted by Gasteiger charge is -2.47. The van der Waals surface area contributed by atoms with Crippen LogP contribution >= 0.6 is 11.8 Å². The number of unbranched alkanes of at least 4 members (excludes halogenated alkanes) is 5. The summed E-state index contributed by atoms with van der Waals surface area (Å²) in [5.41, 5.74) is -2.04. The van der Waals surface area contributed by atoms with E-state index in [2.05, 4.69) is 52.0 Å². The number of nitro benzene ring substituents is 1. The molecule has 1 heterocycles. The highest BCUT2D eigenvalue weighted by Gasteiger charge is 2.56. The van der Waals surface area contributed by atoms with Crippen molar-refractivity contribution < 1.29 is 47.4 Å². The van der Waals surface area contributed by atoms with E-state index in [1.54, 1.807) is 34.6 Å². The molecule has 0 unspecified atom stereocenters. The number of hydrogen-bond acceptors (Lipinski definition) is 12. The van der Waals surface area contributed by atoms with Crippen molar-refractivity contribution in [2.45, 2.75) is 141 Å². The molecule has 5 atom stereocenters. The highest BCUT2D eigenvalue weighted by molar-refractivity contribution is 7.99. The lowest BCUT2D eigenvalue weighted by atomic mass is 9.99. The molecule has 3 aromatic carbocycles. The molecule has 0 saturated carbocycles. The molecule has 328 valence electrons. The molecule has 0 N–H and O–H groups in total. The second kappa shape index (κ2) is 22.0. The number of benzene rings is 3. The van der Waals surface area contributed by atoms with Crippen molar-refractivity contribution in [1.82, 2.24) is 0 Å². The molecule has 1 saturated heterocycles. The monoisotopic (exact) mass is 865 g/mol. The van der Waals surface area contributed by atoms with E-state index in [4.69, 9.17) is 28.1 Å². The Kier molecular flexibility index (Phi) is 17.8.